The molecule has 0 unspecified atom stereocenters. The van der Waals surface area contributed by atoms with Gasteiger partial charge in [0.25, 0.3) is 0 Å². The number of halogens is 1. The maximum atomic E-state index is 8.19. The summed E-state index contributed by atoms with van der Waals surface area (Å²) in [5, 5.41) is 16.4. The van der Waals surface area contributed by atoms with E-state index in [1.807, 2.05) is 30.3 Å². The molecule has 1 heterocycles. The molecule has 0 atom stereocenters. The molecule has 0 aliphatic heterocycles. The quantitative estimate of drug-likeness (QED) is 0.920. The van der Waals surface area contributed by atoms with E-state index in [0.717, 1.165) is 24.4 Å². The normalized spacial score (nSPS) is 15.5. The van der Waals surface area contributed by atoms with E-state index in [4.69, 9.17) is 5.41 Å². The smallest absolute Gasteiger partial charge is 0.238 e. The highest BCUT2D eigenvalue weighted by Gasteiger charge is 2.14. The second-order valence-corrected chi connectivity index (χ2v) is 5.96. The van der Waals surface area contributed by atoms with Crippen LogP contribution in [0.2, 0.25) is 0 Å². The lowest BCUT2D eigenvalue weighted by Gasteiger charge is -2.20. The predicted octanol–water partition coefficient (Wildman–Crippen LogP) is 3.00. The van der Waals surface area contributed by atoms with Crippen molar-refractivity contribution in [3.05, 3.63) is 41.5 Å². The number of aryl methyl sites for hydroxylation is 1. The monoisotopic (exact) mass is 321 g/mol. The molecule has 1 saturated carbocycles. The number of tetrazole rings is 1. The van der Waals surface area contributed by atoms with Crippen LogP contribution in [-0.4, -0.2) is 19.8 Å². The van der Waals surface area contributed by atoms with E-state index in [1.165, 1.54) is 32.1 Å². The Hall–Kier alpha value is -1.62. The third kappa shape index (κ3) is 4.19. The maximum absolute atomic E-state index is 8.19. The summed E-state index contributed by atoms with van der Waals surface area (Å²) in [6.45, 7) is 1.43. The topological polar surface area (TPSA) is 59.5 Å². The van der Waals surface area contributed by atoms with Gasteiger partial charge < -0.3 is 0 Å². The number of hydrogen-bond donors (Lipinski definition) is 1. The van der Waals surface area contributed by atoms with Gasteiger partial charge in [0.15, 0.2) is 0 Å². The molecule has 22 heavy (non-hydrogen) atoms. The van der Waals surface area contributed by atoms with Crippen LogP contribution in [0.15, 0.2) is 30.3 Å². The molecule has 6 heteroatoms. The van der Waals surface area contributed by atoms with Crippen molar-refractivity contribution in [1.82, 2.24) is 19.8 Å². The molecule has 0 saturated heterocycles. The molecule has 0 radical (unpaired) electrons. The minimum Gasteiger partial charge on any atom is -0.266 e. The van der Waals surface area contributed by atoms with Crippen LogP contribution in [0.25, 0.3) is 0 Å². The van der Waals surface area contributed by atoms with Gasteiger partial charge in [0.1, 0.15) is 0 Å². The van der Waals surface area contributed by atoms with Gasteiger partial charge in [-0.05, 0) is 28.3 Å². The highest BCUT2D eigenvalue weighted by atomic mass is 35.5. The third-order valence-corrected chi connectivity index (χ3v) is 4.39. The number of benzene rings is 1. The SMILES string of the molecule is Cl.N=c1n(CCC2CCCCC2)nnn1Cc1ccccc1. The van der Waals surface area contributed by atoms with Crippen molar-refractivity contribution in [2.24, 2.45) is 5.92 Å². The Morgan fingerprint density at radius 2 is 1.68 bits per heavy atom. The van der Waals surface area contributed by atoms with Crippen LogP contribution in [0.4, 0.5) is 0 Å². The Labute approximate surface area is 137 Å². The number of nitrogens with one attached hydrogen (secondary N) is 1. The maximum Gasteiger partial charge on any atom is 0.238 e. The minimum absolute atomic E-state index is 0. The first-order valence-electron chi connectivity index (χ1n) is 7.92. The first-order valence-corrected chi connectivity index (χ1v) is 7.92. The molecule has 5 nitrogen and oxygen atoms in total. The summed E-state index contributed by atoms with van der Waals surface area (Å²) in [6, 6.07) is 10.1. The van der Waals surface area contributed by atoms with Crippen molar-refractivity contribution in [2.45, 2.75) is 51.6 Å². The first kappa shape index (κ1) is 16.7. The molecule has 1 aliphatic rings. The first-order chi connectivity index (χ1) is 10.3. The Balaban J connectivity index is 0.00000176. The summed E-state index contributed by atoms with van der Waals surface area (Å²) in [5.74, 6) is 0.810. The second kappa shape index (κ2) is 8.13. The average molecular weight is 322 g/mol. The van der Waals surface area contributed by atoms with Crippen LogP contribution in [0, 0.1) is 11.3 Å². The third-order valence-electron chi connectivity index (χ3n) is 4.39. The zero-order valence-electron chi connectivity index (χ0n) is 12.8. The summed E-state index contributed by atoms with van der Waals surface area (Å²) >= 11 is 0. The minimum atomic E-state index is 0. The van der Waals surface area contributed by atoms with Gasteiger partial charge in [-0.25, -0.2) is 9.36 Å². The fourth-order valence-electron chi connectivity index (χ4n) is 3.11. The molecule has 1 fully saturated rings. The second-order valence-electron chi connectivity index (χ2n) is 5.96. The van der Waals surface area contributed by atoms with E-state index in [2.05, 4.69) is 10.4 Å². The number of nitrogens with zero attached hydrogens (tertiary/aromatic N) is 4. The van der Waals surface area contributed by atoms with Crippen LogP contribution < -0.4 is 5.62 Å². The van der Waals surface area contributed by atoms with Gasteiger partial charge in [0.2, 0.25) is 5.62 Å². The van der Waals surface area contributed by atoms with Gasteiger partial charge in [-0.3, -0.25) is 5.41 Å². The molecule has 3 rings (SSSR count). The van der Waals surface area contributed by atoms with Gasteiger partial charge in [0, 0.05) is 6.54 Å². The van der Waals surface area contributed by atoms with Crippen LogP contribution in [-0.2, 0) is 13.1 Å². The molecule has 1 aliphatic carbocycles. The van der Waals surface area contributed by atoms with Crippen molar-refractivity contribution >= 4 is 12.4 Å². The van der Waals surface area contributed by atoms with Crippen molar-refractivity contribution in [1.29, 1.82) is 5.41 Å². The molecule has 0 amide bonds. The highest BCUT2D eigenvalue weighted by molar-refractivity contribution is 5.85. The van der Waals surface area contributed by atoms with Gasteiger partial charge in [-0.2, -0.15) is 0 Å². The molecular formula is C16H24ClN5. The molecule has 1 aromatic heterocycles. The zero-order valence-corrected chi connectivity index (χ0v) is 13.6. The molecule has 2 aromatic rings. The van der Waals surface area contributed by atoms with Gasteiger partial charge >= 0.3 is 0 Å². The lowest BCUT2D eigenvalue weighted by atomic mass is 9.87. The standard InChI is InChI=1S/C16H23N5.ClH/c17-16-20(12-11-14-7-3-1-4-8-14)18-19-21(16)13-15-9-5-2-6-10-15;/h2,5-6,9-10,14,17H,1,3-4,7-8,11-13H2;1H. The van der Waals surface area contributed by atoms with E-state index in [9.17, 15) is 0 Å². The predicted molar refractivity (Wildman–Crippen MR) is 87.9 cm³/mol. The fourth-order valence-corrected chi connectivity index (χ4v) is 3.11. The number of rotatable bonds is 5. The summed E-state index contributed by atoms with van der Waals surface area (Å²) in [4.78, 5) is 0. The van der Waals surface area contributed by atoms with E-state index in [-0.39, 0.29) is 12.4 Å². The van der Waals surface area contributed by atoms with E-state index >= 15 is 0 Å². The zero-order chi connectivity index (χ0) is 14.5. The van der Waals surface area contributed by atoms with Crippen LogP contribution in [0.3, 0.4) is 0 Å². The summed E-state index contributed by atoms with van der Waals surface area (Å²) in [7, 11) is 0. The molecular weight excluding hydrogens is 298 g/mol. The van der Waals surface area contributed by atoms with Crippen LogP contribution >= 0.6 is 12.4 Å². The Bertz CT molecular complexity index is 613. The van der Waals surface area contributed by atoms with Crippen molar-refractivity contribution in [3.63, 3.8) is 0 Å². The summed E-state index contributed by atoms with van der Waals surface area (Å²) < 4.78 is 3.40. The molecule has 1 aromatic carbocycles. The van der Waals surface area contributed by atoms with Gasteiger partial charge in [0.05, 0.1) is 6.54 Å². The lowest BCUT2D eigenvalue weighted by molar-refractivity contribution is 0.315. The molecule has 120 valence electrons. The van der Waals surface area contributed by atoms with Crippen LogP contribution in [0.5, 0.6) is 0 Å². The van der Waals surface area contributed by atoms with Crippen LogP contribution in [0.1, 0.15) is 44.1 Å². The summed E-state index contributed by atoms with van der Waals surface area (Å²) in [5.41, 5.74) is 1.55. The molecule has 0 bridgehead atoms. The Kier molecular flexibility index (Phi) is 6.19. The highest BCUT2D eigenvalue weighted by Crippen LogP contribution is 2.26. The van der Waals surface area contributed by atoms with E-state index < -0.39 is 0 Å². The van der Waals surface area contributed by atoms with Gasteiger partial charge in [-0.1, -0.05) is 62.4 Å². The Morgan fingerprint density at radius 3 is 2.41 bits per heavy atom. The number of hydrogen-bond acceptors (Lipinski definition) is 3. The van der Waals surface area contributed by atoms with Crippen molar-refractivity contribution < 1.29 is 0 Å². The number of aromatic nitrogens is 4. The van der Waals surface area contributed by atoms with E-state index in [1.54, 1.807) is 9.36 Å². The van der Waals surface area contributed by atoms with Crippen molar-refractivity contribution in [3.8, 4) is 0 Å². The lowest BCUT2D eigenvalue weighted by Crippen LogP contribution is -2.27. The molecule has 1 N–H and O–H groups in total. The largest absolute Gasteiger partial charge is 0.266 e. The fraction of sp³-hybridized carbons (Fsp3) is 0.562. The van der Waals surface area contributed by atoms with E-state index in [0.29, 0.717) is 12.2 Å². The van der Waals surface area contributed by atoms with Crippen molar-refractivity contribution in [2.75, 3.05) is 0 Å². The van der Waals surface area contributed by atoms with Gasteiger partial charge in [-0.15, -0.1) is 12.4 Å². The Morgan fingerprint density at radius 1 is 1.00 bits per heavy atom. The molecule has 0 spiro atoms. The average Bonchev–Trinajstić information content (AvgIpc) is 2.88. The summed E-state index contributed by atoms with van der Waals surface area (Å²) in [6.07, 6.45) is 7.92.